The van der Waals surface area contributed by atoms with E-state index in [2.05, 4.69) is 15.5 Å². The first-order chi connectivity index (χ1) is 9.16. The second kappa shape index (κ2) is 6.14. The molecule has 1 amide bonds. The lowest BCUT2D eigenvalue weighted by Crippen LogP contribution is -2.47. The van der Waals surface area contributed by atoms with Gasteiger partial charge in [0.25, 0.3) is 0 Å². The van der Waals surface area contributed by atoms with E-state index in [0.29, 0.717) is 11.7 Å². The standard InChI is InChI=1S/C13H21N3O3/c1-10-14-12(16-19-10)13(15-11(17)9-18-2)7-5-3-4-6-8-13/h3-9H2,1-2H3,(H,15,17). The molecular formula is C13H21N3O3. The van der Waals surface area contributed by atoms with Crippen LogP contribution in [0.15, 0.2) is 4.52 Å². The lowest BCUT2D eigenvalue weighted by molar-refractivity contribution is -0.127. The summed E-state index contributed by atoms with van der Waals surface area (Å²) in [5, 5.41) is 7.08. The number of methoxy groups -OCH3 is 1. The molecule has 1 N–H and O–H groups in total. The molecule has 0 unspecified atom stereocenters. The Morgan fingerprint density at radius 2 is 2.05 bits per heavy atom. The molecule has 1 aromatic rings. The van der Waals surface area contributed by atoms with Crippen molar-refractivity contribution >= 4 is 5.91 Å². The van der Waals surface area contributed by atoms with E-state index >= 15 is 0 Å². The average molecular weight is 267 g/mol. The quantitative estimate of drug-likeness (QED) is 0.840. The third kappa shape index (κ3) is 3.32. The number of carbonyl (C=O) groups excluding carboxylic acids is 1. The molecule has 0 bridgehead atoms. The highest BCUT2D eigenvalue weighted by Gasteiger charge is 2.38. The maximum absolute atomic E-state index is 11.9. The summed E-state index contributed by atoms with van der Waals surface area (Å²) < 4.78 is 9.97. The first-order valence-corrected chi connectivity index (χ1v) is 6.77. The van der Waals surface area contributed by atoms with Crippen LogP contribution < -0.4 is 5.32 Å². The van der Waals surface area contributed by atoms with Crippen LogP contribution >= 0.6 is 0 Å². The molecule has 1 fully saturated rings. The minimum absolute atomic E-state index is 0.0542. The van der Waals surface area contributed by atoms with E-state index in [1.807, 2.05) is 0 Å². The highest BCUT2D eigenvalue weighted by molar-refractivity contribution is 5.78. The van der Waals surface area contributed by atoms with E-state index in [-0.39, 0.29) is 12.5 Å². The van der Waals surface area contributed by atoms with Crippen molar-refractivity contribution in [1.82, 2.24) is 15.5 Å². The molecule has 0 aliphatic heterocycles. The number of nitrogens with one attached hydrogen (secondary N) is 1. The fraction of sp³-hybridized carbons (Fsp3) is 0.769. The molecule has 0 spiro atoms. The van der Waals surface area contributed by atoms with Crippen molar-refractivity contribution in [3.05, 3.63) is 11.7 Å². The number of aromatic nitrogens is 2. The summed E-state index contributed by atoms with van der Waals surface area (Å²) in [4.78, 5) is 16.2. The van der Waals surface area contributed by atoms with Crippen LogP contribution in [-0.4, -0.2) is 29.8 Å². The molecule has 0 atom stereocenters. The first kappa shape index (κ1) is 14.0. The summed E-state index contributed by atoms with van der Waals surface area (Å²) >= 11 is 0. The van der Waals surface area contributed by atoms with Crippen molar-refractivity contribution in [1.29, 1.82) is 0 Å². The monoisotopic (exact) mass is 267 g/mol. The first-order valence-electron chi connectivity index (χ1n) is 6.77. The van der Waals surface area contributed by atoms with Gasteiger partial charge in [0.05, 0.1) is 0 Å². The molecule has 0 radical (unpaired) electrons. The summed E-state index contributed by atoms with van der Waals surface area (Å²) in [6, 6.07) is 0. The van der Waals surface area contributed by atoms with Gasteiger partial charge in [-0.2, -0.15) is 4.98 Å². The number of nitrogens with zero attached hydrogens (tertiary/aromatic N) is 2. The molecule has 106 valence electrons. The van der Waals surface area contributed by atoms with Crippen LogP contribution in [0.25, 0.3) is 0 Å². The van der Waals surface area contributed by atoms with Gasteiger partial charge < -0.3 is 14.6 Å². The van der Waals surface area contributed by atoms with Gasteiger partial charge in [-0.3, -0.25) is 4.79 Å². The molecule has 1 aromatic heterocycles. The van der Waals surface area contributed by atoms with E-state index in [4.69, 9.17) is 9.26 Å². The Bertz CT molecular complexity index is 423. The normalized spacial score (nSPS) is 18.8. The minimum atomic E-state index is -0.496. The van der Waals surface area contributed by atoms with Crippen LogP contribution in [0.2, 0.25) is 0 Å². The van der Waals surface area contributed by atoms with Crippen molar-refractivity contribution in [3.8, 4) is 0 Å². The van der Waals surface area contributed by atoms with Gasteiger partial charge in [0.1, 0.15) is 12.1 Å². The van der Waals surface area contributed by atoms with Crippen LogP contribution in [0.1, 0.15) is 50.2 Å². The highest BCUT2D eigenvalue weighted by atomic mass is 16.5. The average Bonchev–Trinajstić information content (AvgIpc) is 2.67. The summed E-state index contributed by atoms with van der Waals surface area (Å²) in [7, 11) is 1.51. The summed E-state index contributed by atoms with van der Waals surface area (Å²) in [6.45, 7) is 1.82. The van der Waals surface area contributed by atoms with E-state index in [1.165, 1.54) is 20.0 Å². The number of carbonyl (C=O) groups is 1. The zero-order valence-electron chi connectivity index (χ0n) is 11.6. The number of hydrogen-bond acceptors (Lipinski definition) is 5. The molecule has 0 saturated heterocycles. The van der Waals surface area contributed by atoms with E-state index in [0.717, 1.165) is 25.7 Å². The van der Waals surface area contributed by atoms with Crippen LogP contribution in [0.4, 0.5) is 0 Å². The van der Waals surface area contributed by atoms with Crippen molar-refractivity contribution in [3.63, 3.8) is 0 Å². The van der Waals surface area contributed by atoms with Crippen LogP contribution in [0.5, 0.6) is 0 Å². The van der Waals surface area contributed by atoms with Crippen LogP contribution in [0.3, 0.4) is 0 Å². The van der Waals surface area contributed by atoms with Gasteiger partial charge in [-0.05, 0) is 12.8 Å². The SMILES string of the molecule is COCC(=O)NC1(c2noc(C)n2)CCCCCC1. The fourth-order valence-corrected chi connectivity index (χ4v) is 2.66. The maximum atomic E-state index is 11.9. The minimum Gasteiger partial charge on any atom is -0.375 e. The van der Waals surface area contributed by atoms with Gasteiger partial charge in [-0.25, -0.2) is 0 Å². The second-order valence-corrected chi connectivity index (χ2v) is 5.11. The molecule has 2 rings (SSSR count). The number of amides is 1. The molecule has 19 heavy (non-hydrogen) atoms. The largest absolute Gasteiger partial charge is 0.375 e. The van der Waals surface area contributed by atoms with Gasteiger partial charge in [-0.15, -0.1) is 0 Å². The van der Waals surface area contributed by atoms with Gasteiger partial charge in [0, 0.05) is 14.0 Å². The molecule has 6 heteroatoms. The van der Waals surface area contributed by atoms with Gasteiger partial charge >= 0.3 is 0 Å². The molecular weight excluding hydrogens is 246 g/mol. The maximum Gasteiger partial charge on any atom is 0.246 e. The smallest absolute Gasteiger partial charge is 0.246 e. The topological polar surface area (TPSA) is 77.2 Å². The summed E-state index contributed by atoms with van der Waals surface area (Å²) in [6.07, 6.45) is 6.17. The molecule has 1 saturated carbocycles. The number of hydrogen-bond donors (Lipinski definition) is 1. The predicted molar refractivity (Wildman–Crippen MR) is 68.4 cm³/mol. The van der Waals surface area contributed by atoms with Crippen molar-refractivity contribution in [2.24, 2.45) is 0 Å². The van der Waals surface area contributed by atoms with E-state index in [9.17, 15) is 4.79 Å². The number of aryl methyl sites for hydroxylation is 1. The number of ether oxygens (including phenoxy) is 1. The Hall–Kier alpha value is -1.43. The third-order valence-electron chi connectivity index (χ3n) is 3.57. The Kier molecular flexibility index (Phi) is 4.52. The van der Waals surface area contributed by atoms with E-state index in [1.54, 1.807) is 6.92 Å². The van der Waals surface area contributed by atoms with Crippen molar-refractivity contribution in [2.45, 2.75) is 51.0 Å². The van der Waals surface area contributed by atoms with Gasteiger partial charge in [0.15, 0.2) is 5.82 Å². The predicted octanol–water partition coefficient (Wildman–Crippen LogP) is 1.69. The molecule has 0 aromatic carbocycles. The molecule has 1 heterocycles. The number of rotatable bonds is 4. The van der Waals surface area contributed by atoms with Crippen molar-refractivity contribution < 1.29 is 14.1 Å². The summed E-state index contributed by atoms with van der Waals surface area (Å²) in [5.74, 6) is 0.989. The summed E-state index contributed by atoms with van der Waals surface area (Å²) in [5.41, 5.74) is -0.496. The van der Waals surface area contributed by atoms with Crippen LogP contribution in [0, 0.1) is 6.92 Å². The lowest BCUT2D eigenvalue weighted by Gasteiger charge is -2.30. The Balaban J connectivity index is 2.23. The van der Waals surface area contributed by atoms with E-state index < -0.39 is 5.54 Å². The Labute approximate surface area is 112 Å². The lowest BCUT2D eigenvalue weighted by atomic mass is 9.89. The van der Waals surface area contributed by atoms with Gasteiger partial charge in [0.2, 0.25) is 11.8 Å². The molecule has 1 aliphatic rings. The third-order valence-corrected chi connectivity index (χ3v) is 3.57. The van der Waals surface area contributed by atoms with Gasteiger partial charge in [-0.1, -0.05) is 30.8 Å². The molecule has 1 aliphatic carbocycles. The zero-order chi connectivity index (χ0) is 13.7. The highest BCUT2D eigenvalue weighted by Crippen LogP contribution is 2.34. The zero-order valence-corrected chi connectivity index (χ0v) is 11.6. The molecule has 6 nitrogen and oxygen atoms in total. The van der Waals surface area contributed by atoms with Crippen molar-refractivity contribution in [2.75, 3.05) is 13.7 Å². The Morgan fingerprint density at radius 3 is 2.58 bits per heavy atom. The van der Waals surface area contributed by atoms with Crippen LogP contribution in [-0.2, 0) is 15.1 Å². The fourth-order valence-electron chi connectivity index (χ4n) is 2.66. The Morgan fingerprint density at radius 1 is 1.37 bits per heavy atom. The second-order valence-electron chi connectivity index (χ2n) is 5.11.